The van der Waals surface area contributed by atoms with E-state index in [9.17, 15) is 4.79 Å². The lowest BCUT2D eigenvalue weighted by Crippen LogP contribution is -2.30. The van der Waals surface area contributed by atoms with Crippen molar-refractivity contribution >= 4 is 5.97 Å². The van der Waals surface area contributed by atoms with Crippen LogP contribution in [0.15, 0.2) is 12.2 Å². The fourth-order valence-corrected chi connectivity index (χ4v) is 0.873. The predicted molar refractivity (Wildman–Crippen MR) is 56.7 cm³/mol. The third-order valence-electron chi connectivity index (χ3n) is 1.74. The van der Waals surface area contributed by atoms with Crippen molar-refractivity contribution in [1.29, 1.82) is 0 Å². The van der Waals surface area contributed by atoms with Crippen LogP contribution in [0.1, 0.15) is 20.3 Å². The Labute approximate surface area is 85.5 Å². The van der Waals surface area contributed by atoms with E-state index in [1.165, 1.54) is 0 Å². The van der Waals surface area contributed by atoms with Crippen molar-refractivity contribution in [1.82, 2.24) is 5.32 Å². The molecule has 3 nitrogen and oxygen atoms in total. The molecule has 3 heteroatoms. The second-order valence-electron chi connectivity index (χ2n) is 2.83. The first-order valence-electron chi connectivity index (χ1n) is 4.70. The lowest BCUT2D eigenvalue weighted by molar-refractivity contribution is -0.138. The molecule has 0 aromatic rings. The van der Waals surface area contributed by atoms with Crippen LogP contribution in [0.3, 0.4) is 0 Å². The van der Waals surface area contributed by atoms with E-state index in [-0.39, 0.29) is 12.0 Å². The van der Waals surface area contributed by atoms with Crippen LogP contribution in [-0.4, -0.2) is 25.2 Å². The molecule has 0 aromatic carbocycles. The number of rotatable bonds is 6. The van der Waals surface area contributed by atoms with Crippen molar-refractivity contribution in [2.24, 2.45) is 0 Å². The molecule has 0 saturated carbocycles. The number of ether oxygens (including phenoxy) is 1. The summed E-state index contributed by atoms with van der Waals surface area (Å²) in [5, 5.41) is 3.02. The molecule has 1 unspecified atom stereocenters. The molecule has 0 aliphatic carbocycles. The van der Waals surface area contributed by atoms with Crippen molar-refractivity contribution < 1.29 is 9.53 Å². The Morgan fingerprint density at radius 2 is 2.29 bits per heavy atom. The third-order valence-corrected chi connectivity index (χ3v) is 1.74. The van der Waals surface area contributed by atoms with Gasteiger partial charge in [0.05, 0.1) is 12.6 Å². The number of hydrogen-bond donors (Lipinski definition) is 1. The van der Waals surface area contributed by atoms with Gasteiger partial charge in [0.2, 0.25) is 0 Å². The number of esters is 1. The van der Waals surface area contributed by atoms with Gasteiger partial charge in [-0.05, 0) is 13.3 Å². The van der Waals surface area contributed by atoms with Crippen LogP contribution in [0.25, 0.3) is 0 Å². The maximum Gasteiger partial charge on any atom is 0.334 e. The topological polar surface area (TPSA) is 38.3 Å². The highest BCUT2D eigenvalue weighted by Gasteiger charge is 2.08. The summed E-state index contributed by atoms with van der Waals surface area (Å²) >= 11 is 0. The molecule has 0 fully saturated rings. The van der Waals surface area contributed by atoms with Crippen LogP contribution in [0, 0.1) is 12.3 Å². The standard InChI is InChI=1S/C11H17NO2/c1-5-10(6-2)12-8-9(4)11(13)14-7-3/h1,10,12H,4,6-8H2,2-3H3. The zero-order valence-corrected chi connectivity index (χ0v) is 8.80. The molecule has 0 saturated heterocycles. The van der Waals surface area contributed by atoms with Gasteiger partial charge in [-0.15, -0.1) is 6.42 Å². The van der Waals surface area contributed by atoms with Crippen molar-refractivity contribution in [3.05, 3.63) is 12.2 Å². The Morgan fingerprint density at radius 3 is 2.71 bits per heavy atom. The molecule has 1 N–H and O–H groups in total. The number of carbonyl (C=O) groups excluding carboxylic acids is 1. The molecular weight excluding hydrogens is 178 g/mol. The summed E-state index contributed by atoms with van der Waals surface area (Å²) in [6, 6.07) is -0.0128. The van der Waals surface area contributed by atoms with Gasteiger partial charge < -0.3 is 4.74 Å². The molecule has 0 amide bonds. The molecule has 0 radical (unpaired) electrons. The Balaban J connectivity index is 3.85. The molecule has 14 heavy (non-hydrogen) atoms. The minimum absolute atomic E-state index is 0.0128. The van der Waals surface area contributed by atoms with E-state index in [0.29, 0.717) is 18.7 Å². The Morgan fingerprint density at radius 1 is 1.64 bits per heavy atom. The second kappa shape index (κ2) is 7.16. The Bertz CT molecular complexity index is 240. The number of nitrogens with one attached hydrogen (secondary N) is 1. The van der Waals surface area contributed by atoms with Crippen LogP contribution in [0.2, 0.25) is 0 Å². The highest BCUT2D eigenvalue weighted by atomic mass is 16.5. The minimum atomic E-state index is -0.369. The smallest absolute Gasteiger partial charge is 0.334 e. The normalized spacial score (nSPS) is 11.5. The minimum Gasteiger partial charge on any atom is -0.463 e. The van der Waals surface area contributed by atoms with E-state index in [1.54, 1.807) is 6.92 Å². The fraction of sp³-hybridized carbons (Fsp3) is 0.545. The van der Waals surface area contributed by atoms with Gasteiger partial charge in [-0.1, -0.05) is 19.4 Å². The summed E-state index contributed by atoms with van der Waals surface area (Å²) in [7, 11) is 0. The zero-order chi connectivity index (χ0) is 11.0. The van der Waals surface area contributed by atoms with Gasteiger partial charge in [-0.25, -0.2) is 4.79 Å². The lowest BCUT2D eigenvalue weighted by atomic mass is 10.2. The lowest BCUT2D eigenvalue weighted by Gasteiger charge is -2.11. The first kappa shape index (κ1) is 12.7. The van der Waals surface area contributed by atoms with Crippen LogP contribution in [0.4, 0.5) is 0 Å². The third kappa shape index (κ3) is 4.68. The van der Waals surface area contributed by atoms with Crippen molar-refractivity contribution in [2.75, 3.05) is 13.2 Å². The maximum absolute atomic E-state index is 11.1. The summed E-state index contributed by atoms with van der Waals surface area (Å²) in [5.74, 6) is 2.21. The van der Waals surface area contributed by atoms with Crippen molar-refractivity contribution in [3.63, 3.8) is 0 Å². The molecular formula is C11H17NO2. The average Bonchev–Trinajstić information content (AvgIpc) is 2.19. The monoisotopic (exact) mass is 195 g/mol. The number of terminal acetylenes is 1. The Hall–Kier alpha value is -1.27. The van der Waals surface area contributed by atoms with Gasteiger partial charge in [0.25, 0.3) is 0 Å². The second-order valence-corrected chi connectivity index (χ2v) is 2.83. The van der Waals surface area contributed by atoms with Gasteiger partial charge in [0.15, 0.2) is 0 Å². The molecule has 0 aliphatic heterocycles. The molecule has 0 spiro atoms. The van der Waals surface area contributed by atoms with Gasteiger partial charge in [-0.3, -0.25) is 5.32 Å². The number of hydrogen-bond acceptors (Lipinski definition) is 3. The van der Waals surface area contributed by atoms with Crippen LogP contribution in [0.5, 0.6) is 0 Å². The Kier molecular flexibility index (Phi) is 6.51. The van der Waals surface area contributed by atoms with Crippen molar-refractivity contribution in [3.8, 4) is 12.3 Å². The summed E-state index contributed by atoms with van der Waals surface area (Å²) in [5.41, 5.74) is 0.403. The van der Waals surface area contributed by atoms with Crippen LogP contribution < -0.4 is 5.32 Å². The van der Waals surface area contributed by atoms with Gasteiger partial charge in [-0.2, -0.15) is 0 Å². The predicted octanol–water partition coefficient (Wildman–Crippen LogP) is 1.11. The zero-order valence-electron chi connectivity index (χ0n) is 8.80. The average molecular weight is 195 g/mol. The van der Waals surface area contributed by atoms with Crippen LogP contribution in [-0.2, 0) is 9.53 Å². The molecule has 1 atom stereocenters. The molecule has 0 aliphatic rings. The first-order chi connectivity index (χ1) is 6.65. The SMILES string of the molecule is C#CC(CC)NCC(=C)C(=O)OCC. The molecule has 78 valence electrons. The first-order valence-corrected chi connectivity index (χ1v) is 4.70. The largest absolute Gasteiger partial charge is 0.463 e. The van der Waals surface area contributed by atoms with Gasteiger partial charge in [0, 0.05) is 12.1 Å². The van der Waals surface area contributed by atoms with E-state index in [4.69, 9.17) is 11.2 Å². The van der Waals surface area contributed by atoms with E-state index >= 15 is 0 Å². The number of carbonyl (C=O) groups is 1. The highest BCUT2D eigenvalue weighted by Crippen LogP contribution is 1.95. The highest BCUT2D eigenvalue weighted by molar-refractivity contribution is 5.88. The van der Waals surface area contributed by atoms with Crippen molar-refractivity contribution in [2.45, 2.75) is 26.3 Å². The summed E-state index contributed by atoms with van der Waals surface area (Å²) in [4.78, 5) is 11.1. The summed E-state index contributed by atoms with van der Waals surface area (Å²) in [6.07, 6.45) is 6.07. The van der Waals surface area contributed by atoms with Gasteiger partial charge in [0.1, 0.15) is 0 Å². The molecule has 0 rings (SSSR count). The van der Waals surface area contributed by atoms with Gasteiger partial charge >= 0.3 is 5.97 Å². The molecule has 0 bridgehead atoms. The summed E-state index contributed by atoms with van der Waals surface area (Å²) < 4.78 is 4.77. The van der Waals surface area contributed by atoms with E-state index < -0.39 is 0 Å². The van der Waals surface area contributed by atoms with E-state index in [1.807, 2.05) is 6.92 Å². The maximum atomic E-state index is 11.1. The molecule has 0 heterocycles. The molecule has 0 aromatic heterocycles. The quantitative estimate of drug-likeness (QED) is 0.392. The van der Waals surface area contributed by atoms with Crippen LogP contribution >= 0.6 is 0 Å². The van der Waals surface area contributed by atoms with E-state index in [2.05, 4.69) is 17.8 Å². The summed E-state index contributed by atoms with van der Waals surface area (Å²) in [6.45, 7) is 8.09. The fourth-order valence-electron chi connectivity index (χ4n) is 0.873. The van der Waals surface area contributed by atoms with E-state index in [0.717, 1.165) is 6.42 Å².